The number of carbonyl (C=O) groups excluding carboxylic acids is 3. The monoisotopic (exact) mass is 440 g/mol. The van der Waals surface area contributed by atoms with Gasteiger partial charge in [-0.25, -0.2) is 9.59 Å². The largest absolute Gasteiger partial charge is 0.489 e. The van der Waals surface area contributed by atoms with E-state index >= 15 is 0 Å². The van der Waals surface area contributed by atoms with Crippen LogP contribution in [0.1, 0.15) is 12.8 Å². The molecule has 8 nitrogen and oxygen atoms in total. The van der Waals surface area contributed by atoms with Gasteiger partial charge in [0.15, 0.2) is 0 Å². The van der Waals surface area contributed by atoms with E-state index in [1.807, 2.05) is 0 Å². The smallest absolute Gasteiger partial charge is 0.415 e. The van der Waals surface area contributed by atoms with Crippen LogP contribution in [0.4, 0.5) is 21.0 Å². The summed E-state index contributed by atoms with van der Waals surface area (Å²) in [5.41, 5.74) is 1.27. The van der Waals surface area contributed by atoms with Gasteiger partial charge in [-0.05, 0) is 18.6 Å². The Hall–Kier alpha value is -2.13. The first-order valence-corrected chi connectivity index (χ1v) is 11.1. The van der Waals surface area contributed by atoms with Gasteiger partial charge in [0.05, 0.1) is 23.7 Å². The summed E-state index contributed by atoms with van der Waals surface area (Å²) in [7, 11) is 0. The van der Waals surface area contributed by atoms with Crippen LogP contribution in [-0.4, -0.2) is 67.3 Å². The third-order valence-electron chi connectivity index (χ3n) is 5.09. The molecule has 3 aliphatic heterocycles. The van der Waals surface area contributed by atoms with Gasteiger partial charge in [0.2, 0.25) is 0 Å². The van der Waals surface area contributed by atoms with Gasteiger partial charge in [-0.2, -0.15) is 11.8 Å². The number of Topliss-reactive ketones (excluding diaryl/α,β-unsaturated/α-hetero) is 1. The molecule has 29 heavy (non-hydrogen) atoms. The van der Waals surface area contributed by atoms with Crippen molar-refractivity contribution in [3.63, 3.8) is 0 Å². The maximum absolute atomic E-state index is 12.5. The summed E-state index contributed by atoms with van der Waals surface area (Å²) in [6.45, 7) is 1.10. The first-order valence-electron chi connectivity index (χ1n) is 9.45. The predicted octanol–water partition coefficient (Wildman–Crippen LogP) is 3.05. The van der Waals surface area contributed by atoms with Crippen LogP contribution in [0.5, 0.6) is 5.75 Å². The van der Waals surface area contributed by atoms with E-state index in [4.69, 9.17) is 25.8 Å². The molecule has 0 spiro atoms. The first kappa shape index (κ1) is 20.2. The molecule has 10 heteroatoms. The number of amides is 2. The van der Waals surface area contributed by atoms with Crippen molar-refractivity contribution in [3.8, 4) is 5.75 Å². The molecule has 0 bridgehead atoms. The topological polar surface area (TPSA) is 85.4 Å². The number of ether oxygens (including phenoxy) is 3. The lowest BCUT2D eigenvalue weighted by atomic mass is 10.0. The minimum absolute atomic E-state index is 0.119. The number of ketones is 1. The molecule has 0 N–H and O–H groups in total. The Bertz CT molecular complexity index is 822. The lowest BCUT2D eigenvalue weighted by molar-refractivity contribution is -0.117. The van der Waals surface area contributed by atoms with E-state index in [0.717, 1.165) is 5.75 Å². The molecular formula is C19H21ClN2O6S. The molecule has 3 heterocycles. The van der Waals surface area contributed by atoms with Crippen molar-refractivity contribution in [1.29, 1.82) is 0 Å². The van der Waals surface area contributed by atoms with Crippen molar-refractivity contribution in [2.75, 3.05) is 46.9 Å². The third kappa shape index (κ3) is 4.11. The summed E-state index contributed by atoms with van der Waals surface area (Å²) < 4.78 is 16.4. The van der Waals surface area contributed by atoms with E-state index in [2.05, 4.69) is 0 Å². The summed E-state index contributed by atoms with van der Waals surface area (Å²) in [5, 5.41) is 0. The summed E-state index contributed by atoms with van der Waals surface area (Å²) in [6, 6.07) is 4.96. The van der Waals surface area contributed by atoms with E-state index in [-0.39, 0.29) is 18.4 Å². The predicted molar refractivity (Wildman–Crippen MR) is 109 cm³/mol. The molecule has 0 radical (unpaired) electrons. The van der Waals surface area contributed by atoms with E-state index in [1.165, 1.54) is 16.7 Å². The van der Waals surface area contributed by atoms with Gasteiger partial charge in [-0.1, -0.05) is 0 Å². The second kappa shape index (κ2) is 8.71. The summed E-state index contributed by atoms with van der Waals surface area (Å²) >= 11 is 7.13. The van der Waals surface area contributed by atoms with Gasteiger partial charge < -0.3 is 14.2 Å². The first-order chi connectivity index (χ1) is 14.1. The van der Waals surface area contributed by atoms with Crippen LogP contribution in [0, 0.1) is 0 Å². The molecule has 4 rings (SSSR count). The van der Waals surface area contributed by atoms with Crippen molar-refractivity contribution in [3.05, 3.63) is 18.2 Å². The van der Waals surface area contributed by atoms with Crippen LogP contribution in [0.2, 0.25) is 0 Å². The van der Waals surface area contributed by atoms with Gasteiger partial charge in [0.25, 0.3) is 0 Å². The van der Waals surface area contributed by atoms with Gasteiger partial charge in [0, 0.05) is 24.1 Å². The van der Waals surface area contributed by atoms with Gasteiger partial charge >= 0.3 is 12.2 Å². The van der Waals surface area contributed by atoms with Gasteiger partial charge in [-0.3, -0.25) is 14.6 Å². The Morgan fingerprint density at radius 1 is 1.24 bits per heavy atom. The summed E-state index contributed by atoms with van der Waals surface area (Å²) in [5.74, 6) is 2.32. The number of fused-ring (bicyclic) bond motifs is 3. The normalized spacial score (nSPS) is 22.7. The molecule has 1 aromatic rings. The van der Waals surface area contributed by atoms with Crippen molar-refractivity contribution in [2.45, 2.75) is 25.0 Å². The number of thioether (sulfide) groups is 1. The van der Waals surface area contributed by atoms with E-state index in [9.17, 15) is 14.4 Å². The molecule has 0 aliphatic carbocycles. The number of cyclic esters (lactones) is 2. The fraction of sp³-hybridized carbons (Fsp3) is 0.526. The van der Waals surface area contributed by atoms with E-state index in [1.54, 1.807) is 23.1 Å². The Balaban J connectivity index is 1.42. The van der Waals surface area contributed by atoms with Gasteiger partial charge in [-0.15, -0.1) is 11.6 Å². The second-order valence-electron chi connectivity index (χ2n) is 6.91. The molecule has 2 fully saturated rings. The van der Waals surface area contributed by atoms with E-state index in [0.29, 0.717) is 54.8 Å². The van der Waals surface area contributed by atoms with Crippen molar-refractivity contribution >= 4 is 52.7 Å². The highest BCUT2D eigenvalue weighted by atomic mass is 35.5. The average Bonchev–Trinajstić information content (AvgIpc) is 3.29. The Kier molecular flexibility index (Phi) is 6.05. The number of rotatable bonds is 8. The second-order valence-corrected chi connectivity index (χ2v) is 8.39. The van der Waals surface area contributed by atoms with Crippen LogP contribution < -0.4 is 14.5 Å². The molecule has 0 aromatic heterocycles. The van der Waals surface area contributed by atoms with Crippen molar-refractivity contribution in [1.82, 2.24) is 0 Å². The maximum Gasteiger partial charge on any atom is 0.415 e. The highest BCUT2D eigenvalue weighted by molar-refractivity contribution is 8.00. The standard InChI is InChI=1S/C19H21ClN2O6S/c20-5-8-29-11-13(23)2-4-16-15-10-27-17-9-12(21-6-7-26-18(21)24)1-3-14(17)22(15)19(25)28-16/h1,3,9,15-16H,2,4-8,10-11H2/t15-,16-/m0/s1. The molecule has 2 atom stereocenters. The SMILES string of the molecule is O=C(CC[C@@H]1OC(=O)N2c3ccc(N4CCOC4=O)cc3OC[C@@H]12)CSCCCl. The Morgan fingerprint density at radius 3 is 2.86 bits per heavy atom. The molecule has 2 saturated heterocycles. The zero-order chi connectivity index (χ0) is 20.4. The lowest BCUT2D eigenvalue weighted by Gasteiger charge is -2.31. The number of benzene rings is 1. The van der Waals surface area contributed by atoms with Crippen LogP contribution in [0.15, 0.2) is 18.2 Å². The summed E-state index contributed by atoms with van der Waals surface area (Å²) in [4.78, 5) is 39.4. The number of nitrogens with zero attached hydrogens (tertiary/aromatic N) is 2. The van der Waals surface area contributed by atoms with Crippen LogP contribution in [0.3, 0.4) is 0 Å². The maximum atomic E-state index is 12.5. The Morgan fingerprint density at radius 2 is 2.10 bits per heavy atom. The minimum Gasteiger partial charge on any atom is -0.489 e. The number of hydrogen-bond acceptors (Lipinski definition) is 7. The minimum atomic E-state index is -0.443. The van der Waals surface area contributed by atoms with Gasteiger partial charge in [0.1, 0.15) is 36.9 Å². The highest BCUT2D eigenvalue weighted by Gasteiger charge is 2.46. The highest BCUT2D eigenvalue weighted by Crippen LogP contribution is 2.41. The van der Waals surface area contributed by atoms with Crippen LogP contribution in [0.25, 0.3) is 0 Å². The molecule has 2 amide bonds. The fourth-order valence-electron chi connectivity index (χ4n) is 3.68. The van der Waals surface area contributed by atoms with Crippen LogP contribution in [-0.2, 0) is 14.3 Å². The lowest BCUT2D eigenvalue weighted by Crippen LogP contribution is -2.44. The molecule has 3 aliphatic rings. The summed E-state index contributed by atoms with van der Waals surface area (Å²) in [6.07, 6.45) is -0.426. The molecule has 156 valence electrons. The number of halogens is 1. The number of alkyl halides is 1. The zero-order valence-electron chi connectivity index (χ0n) is 15.7. The average molecular weight is 441 g/mol. The third-order valence-corrected chi connectivity index (χ3v) is 6.52. The molecular weight excluding hydrogens is 420 g/mol. The number of carbonyl (C=O) groups is 3. The molecule has 0 unspecified atom stereocenters. The zero-order valence-corrected chi connectivity index (χ0v) is 17.2. The fourth-order valence-corrected chi connectivity index (χ4v) is 4.63. The van der Waals surface area contributed by atoms with E-state index < -0.39 is 18.3 Å². The molecule has 1 aromatic carbocycles. The van der Waals surface area contributed by atoms with Crippen molar-refractivity contribution < 1.29 is 28.6 Å². The number of hydrogen-bond donors (Lipinski definition) is 0. The van der Waals surface area contributed by atoms with Crippen LogP contribution >= 0.6 is 23.4 Å². The van der Waals surface area contributed by atoms with Crippen molar-refractivity contribution in [2.24, 2.45) is 0 Å². The quantitative estimate of drug-likeness (QED) is 0.453. The molecule has 0 saturated carbocycles. The number of anilines is 2. The Labute approximate surface area is 177 Å².